The Bertz CT molecular complexity index is 989. The summed E-state index contributed by atoms with van der Waals surface area (Å²) in [5.74, 6) is -0.211. The van der Waals surface area contributed by atoms with Crippen LogP contribution >= 0.6 is 27.3 Å². The van der Waals surface area contributed by atoms with Crippen LogP contribution in [0.1, 0.15) is 5.69 Å². The topological polar surface area (TPSA) is 105 Å². The summed E-state index contributed by atoms with van der Waals surface area (Å²) in [4.78, 5) is 34.1. The third-order valence-electron chi connectivity index (χ3n) is 3.87. The minimum absolute atomic E-state index is 0.106. The van der Waals surface area contributed by atoms with E-state index in [2.05, 4.69) is 41.6 Å². The molecule has 2 N–H and O–H groups in total. The van der Waals surface area contributed by atoms with Gasteiger partial charge in [-0.25, -0.2) is 19.4 Å². The number of hydrogen-bond donors (Lipinski definition) is 2. The number of urea groups is 1. The summed E-state index contributed by atoms with van der Waals surface area (Å²) in [6.45, 7) is 1.18. The van der Waals surface area contributed by atoms with Crippen LogP contribution in [0.5, 0.6) is 0 Å². The zero-order valence-corrected chi connectivity index (χ0v) is 16.3. The Morgan fingerprint density at radius 3 is 3.04 bits per heavy atom. The first kappa shape index (κ1) is 17.6. The number of hydrogen-bond acceptors (Lipinski definition) is 6. The summed E-state index contributed by atoms with van der Waals surface area (Å²) in [6.07, 6.45) is 3.10. The maximum atomic E-state index is 12.5. The number of benzene rings is 1. The van der Waals surface area contributed by atoms with Gasteiger partial charge in [0, 0.05) is 22.9 Å². The predicted molar refractivity (Wildman–Crippen MR) is 104 cm³/mol. The van der Waals surface area contributed by atoms with Crippen molar-refractivity contribution in [3.05, 3.63) is 46.4 Å². The molecule has 3 amide bonds. The Hall–Kier alpha value is -2.79. The van der Waals surface area contributed by atoms with E-state index in [9.17, 15) is 9.59 Å². The number of nitrogens with zero attached hydrogens (tertiary/aromatic N) is 5. The van der Waals surface area contributed by atoms with Crippen molar-refractivity contribution < 1.29 is 9.59 Å². The highest BCUT2D eigenvalue weighted by molar-refractivity contribution is 9.10. The van der Waals surface area contributed by atoms with Crippen molar-refractivity contribution in [1.82, 2.24) is 25.1 Å². The van der Waals surface area contributed by atoms with Crippen LogP contribution in [0.4, 0.5) is 15.6 Å². The quantitative estimate of drug-likeness (QED) is 0.623. The van der Waals surface area contributed by atoms with Crippen LogP contribution in [0, 0.1) is 0 Å². The molecule has 11 heteroatoms. The maximum Gasteiger partial charge on any atom is 0.323 e. The number of aromatic nitrogens is 4. The first-order valence-electron chi connectivity index (χ1n) is 8.04. The number of nitrogens with one attached hydrogen (secondary N) is 2. The van der Waals surface area contributed by atoms with E-state index in [0.29, 0.717) is 35.3 Å². The Labute approximate surface area is 166 Å². The molecule has 1 saturated heterocycles. The molecular formula is C16H14BrN7O2S. The smallest absolute Gasteiger partial charge is 0.323 e. The lowest BCUT2D eigenvalue weighted by Crippen LogP contribution is -2.27. The van der Waals surface area contributed by atoms with Crippen LogP contribution in [0.3, 0.4) is 0 Å². The molecule has 1 aliphatic heterocycles. The van der Waals surface area contributed by atoms with E-state index in [1.54, 1.807) is 27.4 Å². The number of carbonyl (C=O) groups excluding carboxylic acids is 2. The molecule has 1 aromatic carbocycles. The van der Waals surface area contributed by atoms with E-state index in [1.165, 1.54) is 17.7 Å². The van der Waals surface area contributed by atoms with Crippen LogP contribution in [0.15, 0.2) is 40.7 Å². The summed E-state index contributed by atoms with van der Waals surface area (Å²) >= 11 is 4.76. The molecule has 1 fully saturated rings. The molecular weight excluding hydrogens is 434 g/mol. The van der Waals surface area contributed by atoms with Gasteiger partial charge in [0.15, 0.2) is 5.13 Å². The first-order valence-corrected chi connectivity index (χ1v) is 9.71. The molecule has 0 bridgehead atoms. The summed E-state index contributed by atoms with van der Waals surface area (Å²) in [7, 11) is 0. The van der Waals surface area contributed by atoms with E-state index in [0.717, 1.165) is 4.47 Å². The molecule has 0 unspecified atom stereocenters. The minimum Gasteiger partial charge on any atom is -0.336 e. The Kier molecular flexibility index (Phi) is 4.86. The van der Waals surface area contributed by atoms with Gasteiger partial charge in [-0.1, -0.05) is 15.9 Å². The highest BCUT2D eigenvalue weighted by Crippen LogP contribution is 2.25. The van der Waals surface area contributed by atoms with E-state index in [4.69, 9.17) is 0 Å². The van der Waals surface area contributed by atoms with E-state index in [1.807, 2.05) is 12.1 Å². The molecule has 27 heavy (non-hydrogen) atoms. The second-order valence-corrected chi connectivity index (χ2v) is 7.48. The molecule has 4 rings (SSSR count). The highest BCUT2D eigenvalue weighted by Gasteiger charge is 2.24. The molecule has 1 aliphatic rings. The van der Waals surface area contributed by atoms with Crippen LogP contribution in [0.25, 0.3) is 5.69 Å². The summed E-state index contributed by atoms with van der Waals surface area (Å²) in [6, 6.07) is 5.34. The molecule has 0 aliphatic carbocycles. The average molecular weight is 448 g/mol. The molecule has 3 heterocycles. The van der Waals surface area contributed by atoms with Gasteiger partial charge in [-0.05, 0) is 18.2 Å². The second kappa shape index (κ2) is 7.45. The SMILES string of the molecule is O=C(Cc1csc(N2CCNC2=O)n1)Nc1cc(Br)ccc1-n1cncn1. The van der Waals surface area contributed by atoms with Crippen molar-refractivity contribution in [3.63, 3.8) is 0 Å². The lowest BCUT2D eigenvalue weighted by molar-refractivity contribution is -0.115. The van der Waals surface area contributed by atoms with Gasteiger partial charge in [-0.2, -0.15) is 5.10 Å². The third kappa shape index (κ3) is 3.83. The van der Waals surface area contributed by atoms with Gasteiger partial charge >= 0.3 is 6.03 Å². The number of carbonyl (C=O) groups is 2. The summed E-state index contributed by atoms with van der Waals surface area (Å²) in [5, 5.41) is 12.1. The molecule has 0 saturated carbocycles. The monoisotopic (exact) mass is 447 g/mol. The van der Waals surface area contributed by atoms with Crippen molar-refractivity contribution in [2.75, 3.05) is 23.3 Å². The van der Waals surface area contributed by atoms with Crippen LogP contribution in [0.2, 0.25) is 0 Å². The van der Waals surface area contributed by atoms with E-state index < -0.39 is 0 Å². The van der Waals surface area contributed by atoms with Gasteiger partial charge < -0.3 is 10.6 Å². The zero-order chi connectivity index (χ0) is 18.8. The fourth-order valence-corrected chi connectivity index (χ4v) is 3.87. The van der Waals surface area contributed by atoms with E-state index in [-0.39, 0.29) is 18.4 Å². The van der Waals surface area contributed by atoms with Crippen molar-refractivity contribution in [1.29, 1.82) is 0 Å². The van der Waals surface area contributed by atoms with Gasteiger partial charge in [0.2, 0.25) is 5.91 Å². The molecule has 3 aromatic rings. The van der Waals surface area contributed by atoms with Crippen molar-refractivity contribution in [2.24, 2.45) is 0 Å². The highest BCUT2D eigenvalue weighted by atomic mass is 79.9. The molecule has 138 valence electrons. The normalized spacial score (nSPS) is 13.7. The van der Waals surface area contributed by atoms with Crippen molar-refractivity contribution in [2.45, 2.75) is 6.42 Å². The maximum absolute atomic E-state index is 12.5. The van der Waals surface area contributed by atoms with Gasteiger partial charge in [-0.15, -0.1) is 11.3 Å². The number of thiazole rings is 1. The van der Waals surface area contributed by atoms with Crippen molar-refractivity contribution in [3.8, 4) is 5.69 Å². The molecule has 0 spiro atoms. The Morgan fingerprint density at radius 2 is 2.30 bits per heavy atom. The number of halogens is 1. The largest absolute Gasteiger partial charge is 0.336 e. The lowest BCUT2D eigenvalue weighted by atomic mass is 10.2. The Balaban J connectivity index is 1.48. The van der Waals surface area contributed by atoms with Crippen LogP contribution in [-0.2, 0) is 11.2 Å². The Morgan fingerprint density at radius 1 is 1.41 bits per heavy atom. The van der Waals surface area contributed by atoms with Gasteiger partial charge in [0.05, 0.1) is 23.5 Å². The number of anilines is 2. The third-order valence-corrected chi connectivity index (χ3v) is 5.27. The fourth-order valence-electron chi connectivity index (χ4n) is 2.66. The van der Waals surface area contributed by atoms with Gasteiger partial charge in [0.1, 0.15) is 12.7 Å². The lowest BCUT2D eigenvalue weighted by Gasteiger charge is -2.11. The fraction of sp³-hybridized carbons (Fsp3) is 0.188. The predicted octanol–water partition coefficient (Wildman–Crippen LogP) is 2.20. The molecule has 0 atom stereocenters. The summed E-state index contributed by atoms with van der Waals surface area (Å²) < 4.78 is 2.41. The zero-order valence-electron chi connectivity index (χ0n) is 13.9. The standard InChI is InChI=1S/C16H14BrN7O2S/c17-10-1-2-13(24-9-18-8-20-24)12(5-10)22-14(25)6-11-7-27-16(21-11)23-4-3-19-15(23)26/h1-2,5,7-9H,3-4,6H2,(H,19,26)(H,22,25). The second-order valence-electron chi connectivity index (χ2n) is 5.73. The first-order chi connectivity index (χ1) is 13.1. The number of rotatable bonds is 5. The van der Waals surface area contributed by atoms with E-state index >= 15 is 0 Å². The number of amides is 3. The molecule has 2 aromatic heterocycles. The van der Waals surface area contributed by atoms with Crippen molar-refractivity contribution >= 4 is 50.0 Å². The average Bonchev–Trinajstić information content (AvgIpc) is 3.36. The molecule has 0 radical (unpaired) electrons. The van der Waals surface area contributed by atoms with Gasteiger partial charge in [0.25, 0.3) is 0 Å². The van der Waals surface area contributed by atoms with Crippen LogP contribution in [-0.4, -0.2) is 44.8 Å². The summed E-state index contributed by atoms with van der Waals surface area (Å²) in [5.41, 5.74) is 1.93. The minimum atomic E-state index is -0.211. The van der Waals surface area contributed by atoms with Gasteiger partial charge in [-0.3, -0.25) is 9.69 Å². The molecule has 9 nitrogen and oxygen atoms in total. The van der Waals surface area contributed by atoms with Crippen LogP contribution < -0.4 is 15.5 Å².